The molecule has 0 atom stereocenters. The van der Waals surface area contributed by atoms with Gasteiger partial charge >= 0.3 is 0 Å². The first-order valence-electron chi connectivity index (χ1n) is 5.22. The highest BCUT2D eigenvalue weighted by atomic mass is 16.1. The number of rotatable bonds is 1. The first-order valence-corrected chi connectivity index (χ1v) is 5.22. The number of aryl methyl sites for hydroxylation is 1. The van der Waals surface area contributed by atoms with Gasteiger partial charge in [0.25, 0.3) is 0 Å². The van der Waals surface area contributed by atoms with E-state index in [1.54, 1.807) is 18.5 Å². The van der Waals surface area contributed by atoms with Crippen LogP contribution < -0.4 is 0 Å². The molecule has 0 unspecified atom stereocenters. The fourth-order valence-electron chi connectivity index (χ4n) is 2.21. The van der Waals surface area contributed by atoms with Gasteiger partial charge < -0.3 is 4.57 Å². The quantitative estimate of drug-likeness (QED) is 0.470. The van der Waals surface area contributed by atoms with Crippen LogP contribution in [-0.2, 0) is 11.8 Å². The van der Waals surface area contributed by atoms with Crippen molar-refractivity contribution in [3.63, 3.8) is 0 Å². The number of aromatic nitrogens is 2. The van der Waals surface area contributed by atoms with Gasteiger partial charge in [0.05, 0.1) is 17.9 Å². The SMILES string of the molecule is Cn1c2ccccc2c2c(N=C=O)cncc21. The van der Waals surface area contributed by atoms with Gasteiger partial charge in [0, 0.05) is 23.3 Å². The van der Waals surface area contributed by atoms with Crippen LogP contribution in [0.2, 0.25) is 0 Å². The molecule has 0 aliphatic carbocycles. The molecular formula is C13H9N3O. The predicted molar refractivity (Wildman–Crippen MR) is 66.0 cm³/mol. The van der Waals surface area contributed by atoms with Crippen LogP contribution in [0.4, 0.5) is 5.69 Å². The number of nitrogens with zero attached hydrogens (tertiary/aromatic N) is 3. The Kier molecular flexibility index (Phi) is 2.03. The summed E-state index contributed by atoms with van der Waals surface area (Å²) in [6.07, 6.45) is 4.94. The van der Waals surface area contributed by atoms with Gasteiger partial charge in [-0.1, -0.05) is 18.2 Å². The maximum Gasteiger partial charge on any atom is 0.240 e. The molecule has 17 heavy (non-hydrogen) atoms. The Hall–Kier alpha value is -2.45. The fourth-order valence-corrected chi connectivity index (χ4v) is 2.21. The molecule has 0 amide bonds. The van der Waals surface area contributed by atoms with Gasteiger partial charge in [-0.25, -0.2) is 4.79 Å². The molecule has 3 rings (SSSR count). The molecule has 2 aromatic heterocycles. The van der Waals surface area contributed by atoms with Crippen molar-refractivity contribution in [1.29, 1.82) is 0 Å². The monoisotopic (exact) mass is 223 g/mol. The van der Waals surface area contributed by atoms with E-state index < -0.39 is 0 Å². The molecule has 4 nitrogen and oxygen atoms in total. The second-order valence-electron chi connectivity index (χ2n) is 3.83. The second kappa shape index (κ2) is 3.54. The molecule has 3 aromatic rings. The number of carbonyl (C=O) groups excluding carboxylic acids is 1. The zero-order valence-corrected chi connectivity index (χ0v) is 9.21. The molecule has 4 heteroatoms. The van der Waals surface area contributed by atoms with Crippen molar-refractivity contribution >= 4 is 33.6 Å². The van der Waals surface area contributed by atoms with Gasteiger partial charge in [0.2, 0.25) is 6.08 Å². The summed E-state index contributed by atoms with van der Waals surface area (Å²) >= 11 is 0. The van der Waals surface area contributed by atoms with Gasteiger partial charge in [-0.3, -0.25) is 4.98 Å². The zero-order chi connectivity index (χ0) is 11.8. The van der Waals surface area contributed by atoms with Gasteiger partial charge in [0.1, 0.15) is 5.69 Å². The molecule has 0 bridgehead atoms. The van der Waals surface area contributed by atoms with Gasteiger partial charge in [0.15, 0.2) is 0 Å². The minimum Gasteiger partial charge on any atom is -0.342 e. The first kappa shape index (κ1) is 9.75. The van der Waals surface area contributed by atoms with Crippen LogP contribution in [0, 0.1) is 0 Å². The molecule has 0 fully saturated rings. The third kappa shape index (κ3) is 1.28. The average molecular weight is 223 g/mol. The maximum atomic E-state index is 10.4. The molecular weight excluding hydrogens is 214 g/mol. The summed E-state index contributed by atoms with van der Waals surface area (Å²) in [5.41, 5.74) is 2.62. The highest BCUT2D eigenvalue weighted by molar-refractivity contribution is 6.13. The molecule has 0 saturated heterocycles. The number of para-hydroxylation sites is 1. The Labute approximate surface area is 97.2 Å². The van der Waals surface area contributed by atoms with Crippen molar-refractivity contribution < 1.29 is 4.79 Å². The lowest BCUT2D eigenvalue weighted by molar-refractivity contribution is 0.565. The first-order chi connectivity index (χ1) is 8.33. The van der Waals surface area contributed by atoms with E-state index in [4.69, 9.17) is 0 Å². The normalized spacial score (nSPS) is 10.6. The van der Waals surface area contributed by atoms with E-state index in [0.29, 0.717) is 5.69 Å². The van der Waals surface area contributed by atoms with E-state index in [9.17, 15) is 4.79 Å². The lowest BCUT2D eigenvalue weighted by Gasteiger charge is -1.96. The molecule has 0 spiro atoms. The Morgan fingerprint density at radius 2 is 2.06 bits per heavy atom. The van der Waals surface area contributed by atoms with Gasteiger partial charge in [-0.15, -0.1) is 0 Å². The smallest absolute Gasteiger partial charge is 0.240 e. The number of benzene rings is 1. The number of isocyanates is 1. The topological polar surface area (TPSA) is 47.2 Å². The van der Waals surface area contributed by atoms with Crippen molar-refractivity contribution in [3.05, 3.63) is 36.7 Å². The van der Waals surface area contributed by atoms with Crippen LogP contribution in [0.15, 0.2) is 41.7 Å². The lowest BCUT2D eigenvalue weighted by Crippen LogP contribution is -1.86. The highest BCUT2D eigenvalue weighted by Gasteiger charge is 2.11. The minimum atomic E-state index is 0.564. The number of aliphatic imine (C=N–C) groups is 1. The second-order valence-corrected chi connectivity index (χ2v) is 3.83. The van der Waals surface area contributed by atoms with Gasteiger partial charge in [-0.2, -0.15) is 4.99 Å². The van der Waals surface area contributed by atoms with Crippen LogP contribution in [0.5, 0.6) is 0 Å². The Morgan fingerprint density at radius 3 is 2.88 bits per heavy atom. The van der Waals surface area contributed by atoms with Gasteiger partial charge in [-0.05, 0) is 6.07 Å². The highest BCUT2D eigenvalue weighted by Crippen LogP contribution is 2.33. The molecule has 0 aliphatic heterocycles. The molecule has 0 radical (unpaired) electrons. The third-order valence-corrected chi connectivity index (χ3v) is 2.97. The van der Waals surface area contributed by atoms with Crippen molar-refractivity contribution in [2.75, 3.05) is 0 Å². The van der Waals surface area contributed by atoms with Crippen LogP contribution in [0.25, 0.3) is 21.8 Å². The fraction of sp³-hybridized carbons (Fsp3) is 0.0769. The standard InChI is InChI=1S/C13H9N3O/c1-16-11-5-3-2-4-9(11)13-10(15-8-17)6-14-7-12(13)16/h2-7H,1H3. The zero-order valence-electron chi connectivity index (χ0n) is 9.21. The number of hydrogen-bond donors (Lipinski definition) is 0. The van der Waals surface area contributed by atoms with E-state index in [-0.39, 0.29) is 0 Å². The summed E-state index contributed by atoms with van der Waals surface area (Å²) in [6.45, 7) is 0. The minimum absolute atomic E-state index is 0.564. The van der Waals surface area contributed by atoms with Crippen molar-refractivity contribution in [2.24, 2.45) is 12.0 Å². The number of hydrogen-bond acceptors (Lipinski definition) is 3. The molecule has 82 valence electrons. The van der Waals surface area contributed by atoms with E-state index in [1.165, 1.54) is 0 Å². The van der Waals surface area contributed by atoms with Crippen molar-refractivity contribution in [1.82, 2.24) is 9.55 Å². The van der Waals surface area contributed by atoms with Crippen LogP contribution >= 0.6 is 0 Å². The molecule has 2 heterocycles. The molecule has 0 saturated carbocycles. The van der Waals surface area contributed by atoms with E-state index in [2.05, 4.69) is 9.98 Å². The Morgan fingerprint density at radius 1 is 1.24 bits per heavy atom. The lowest BCUT2D eigenvalue weighted by atomic mass is 10.1. The summed E-state index contributed by atoms with van der Waals surface area (Å²) in [5, 5.41) is 2.02. The Bertz CT molecular complexity index is 767. The van der Waals surface area contributed by atoms with Crippen LogP contribution in [0.3, 0.4) is 0 Å². The largest absolute Gasteiger partial charge is 0.342 e. The van der Waals surface area contributed by atoms with Crippen LogP contribution in [-0.4, -0.2) is 15.6 Å². The van der Waals surface area contributed by atoms with Crippen molar-refractivity contribution in [3.8, 4) is 0 Å². The van der Waals surface area contributed by atoms with Crippen molar-refractivity contribution in [2.45, 2.75) is 0 Å². The molecule has 0 aliphatic rings. The molecule has 1 aromatic carbocycles. The summed E-state index contributed by atoms with van der Waals surface area (Å²) in [6, 6.07) is 8.00. The van der Waals surface area contributed by atoms with E-state index in [1.807, 2.05) is 35.9 Å². The predicted octanol–water partition coefficient (Wildman–Crippen LogP) is 2.69. The number of fused-ring (bicyclic) bond motifs is 3. The average Bonchev–Trinajstić information content (AvgIpc) is 2.66. The Balaban J connectivity index is 2.63. The maximum absolute atomic E-state index is 10.4. The van der Waals surface area contributed by atoms with Crippen LogP contribution in [0.1, 0.15) is 0 Å². The van der Waals surface area contributed by atoms with E-state index >= 15 is 0 Å². The summed E-state index contributed by atoms with van der Waals surface area (Å²) in [4.78, 5) is 18.2. The van der Waals surface area contributed by atoms with E-state index in [0.717, 1.165) is 21.8 Å². The number of pyridine rings is 1. The third-order valence-electron chi connectivity index (χ3n) is 2.97. The molecule has 0 N–H and O–H groups in total. The summed E-state index contributed by atoms with van der Waals surface area (Å²) in [7, 11) is 1.97. The summed E-state index contributed by atoms with van der Waals surface area (Å²) in [5.74, 6) is 0. The summed E-state index contributed by atoms with van der Waals surface area (Å²) < 4.78 is 2.04.